The highest BCUT2D eigenvalue weighted by Gasteiger charge is 2.47. The van der Waals surface area contributed by atoms with Crippen LogP contribution in [-0.4, -0.2) is 30.5 Å². The van der Waals surface area contributed by atoms with Crippen molar-refractivity contribution in [2.24, 2.45) is 5.41 Å². The second-order valence-electron chi connectivity index (χ2n) is 5.10. The summed E-state index contributed by atoms with van der Waals surface area (Å²) in [6.45, 7) is 2.58. The van der Waals surface area contributed by atoms with Crippen molar-refractivity contribution in [2.45, 2.75) is 19.3 Å². The van der Waals surface area contributed by atoms with Gasteiger partial charge in [0.2, 0.25) is 5.91 Å². The summed E-state index contributed by atoms with van der Waals surface area (Å²) < 4.78 is 0. The van der Waals surface area contributed by atoms with Gasteiger partial charge in [-0.05, 0) is 37.9 Å². The predicted octanol–water partition coefficient (Wildman–Crippen LogP) is 1.84. The van der Waals surface area contributed by atoms with Gasteiger partial charge in [0.25, 0.3) is 0 Å². The number of rotatable bonds is 1. The lowest BCUT2D eigenvalue weighted by atomic mass is 9.79. The van der Waals surface area contributed by atoms with Crippen molar-refractivity contribution >= 4 is 23.3 Å². The van der Waals surface area contributed by atoms with Crippen LogP contribution >= 0.6 is 11.6 Å². The summed E-state index contributed by atoms with van der Waals surface area (Å²) in [6, 6.07) is 3.59. The lowest BCUT2D eigenvalue weighted by molar-refractivity contribution is -0.126. The second-order valence-corrected chi connectivity index (χ2v) is 5.54. The molecule has 5 heteroatoms. The van der Waals surface area contributed by atoms with E-state index in [4.69, 9.17) is 11.6 Å². The van der Waals surface area contributed by atoms with E-state index in [1.807, 2.05) is 6.07 Å². The average molecular weight is 266 g/mol. The van der Waals surface area contributed by atoms with Crippen LogP contribution in [0.2, 0.25) is 5.02 Å². The number of nitrogens with zero attached hydrogens (tertiary/aromatic N) is 2. The van der Waals surface area contributed by atoms with Gasteiger partial charge in [-0.15, -0.1) is 0 Å². The van der Waals surface area contributed by atoms with Gasteiger partial charge in [-0.3, -0.25) is 9.69 Å². The molecule has 96 valence electrons. The number of halogens is 1. The minimum Gasteiger partial charge on any atom is -0.316 e. The first-order chi connectivity index (χ1) is 8.71. The first-order valence-electron chi connectivity index (χ1n) is 6.36. The van der Waals surface area contributed by atoms with E-state index in [2.05, 4.69) is 10.3 Å². The fourth-order valence-corrected chi connectivity index (χ4v) is 3.04. The molecule has 3 rings (SSSR count). The fourth-order valence-electron chi connectivity index (χ4n) is 2.93. The number of piperidine rings is 1. The molecule has 0 bridgehead atoms. The normalized spacial score (nSPS) is 28.1. The van der Waals surface area contributed by atoms with Gasteiger partial charge >= 0.3 is 0 Å². The molecule has 3 heterocycles. The SMILES string of the molecule is O=C1N(c2ccc(Cl)cn2)CCC12CCCNC2. The van der Waals surface area contributed by atoms with Crippen LogP contribution in [0.25, 0.3) is 0 Å². The third-order valence-electron chi connectivity index (χ3n) is 3.97. The number of hydrogen-bond donors (Lipinski definition) is 1. The fraction of sp³-hybridized carbons (Fsp3) is 0.538. The number of aromatic nitrogens is 1. The Morgan fingerprint density at radius 2 is 2.28 bits per heavy atom. The van der Waals surface area contributed by atoms with Gasteiger partial charge in [-0.1, -0.05) is 11.6 Å². The number of hydrogen-bond acceptors (Lipinski definition) is 3. The van der Waals surface area contributed by atoms with Crippen molar-refractivity contribution < 1.29 is 4.79 Å². The van der Waals surface area contributed by atoms with Crippen molar-refractivity contribution in [3.63, 3.8) is 0 Å². The smallest absolute Gasteiger partial charge is 0.235 e. The summed E-state index contributed by atoms with van der Waals surface area (Å²) in [4.78, 5) is 18.6. The Kier molecular flexibility index (Phi) is 2.99. The van der Waals surface area contributed by atoms with Crippen LogP contribution < -0.4 is 10.2 Å². The van der Waals surface area contributed by atoms with Gasteiger partial charge in [-0.25, -0.2) is 4.98 Å². The Hall–Kier alpha value is -1.13. The molecule has 0 radical (unpaired) electrons. The summed E-state index contributed by atoms with van der Waals surface area (Å²) in [7, 11) is 0. The Labute approximate surface area is 111 Å². The lowest BCUT2D eigenvalue weighted by Gasteiger charge is -2.31. The van der Waals surface area contributed by atoms with E-state index in [0.29, 0.717) is 10.8 Å². The van der Waals surface area contributed by atoms with Crippen molar-refractivity contribution in [2.75, 3.05) is 24.5 Å². The lowest BCUT2D eigenvalue weighted by Crippen LogP contribution is -2.45. The molecule has 1 unspecified atom stereocenters. The molecule has 1 aromatic heterocycles. The van der Waals surface area contributed by atoms with E-state index in [-0.39, 0.29) is 11.3 Å². The van der Waals surface area contributed by atoms with Crippen molar-refractivity contribution in [1.29, 1.82) is 0 Å². The summed E-state index contributed by atoms with van der Waals surface area (Å²) >= 11 is 5.82. The topological polar surface area (TPSA) is 45.2 Å². The monoisotopic (exact) mass is 265 g/mol. The van der Waals surface area contributed by atoms with Crippen LogP contribution in [0.3, 0.4) is 0 Å². The highest BCUT2D eigenvalue weighted by molar-refractivity contribution is 6.30. The van der Waals surface area contributed by atoms with Gasteiger partial charge in [0.15, 0.2) is 0 Å². The molecule has 0 aliphatic carbocycles. The summed E-state index contributed by atoms with van der Waals surface area (Å²) in [5.41, 5.74) is -0.195. The molecule has 2 fully saturated rings. The maximum atomic E-state index is 12.6. The van der Waals surface area contributed by atoms with Gasteiger partial charge in [0, 0.05) is 19.3 Å². The molecule has 0 saturated carbocycles. The van der Waals surface area contributed by atoms with Crippen molar-refractivity contribution in [3.05, 3.63) is 23.4 Å². The molecule has 0 aromatic carbocycles. The standard InChI is InChI=1S/C13H16ClN3O/c14-10-2-3-11(16-8-10)17-7-5-13(12(17)18)4-1-6-15-9-13/h2-3,8,15H,1,4-7,9H2. The first kappa shape index (κ1) is 11.9. The van der Waals surface area contributed by atoms with E-state index in [0.717, 1.165) is 38.9 Å². The number of anilines is 1. The molecule has 18 heavy (non-hydrogen) atoms. The maximum Gasteiger partial charge on any atom is 0.235 e. The van der Waals surface area contributed by atoms with E-state index < -0.39 is 0 Å². The average Bonchev–Trinajstić information content (AvgIpc) is 2.70. The zero-order chi connectivity index (χ0) is 12.6. The predicted molar refractivity (Wildman–Crippen MR) is 70.8 cm³/mol. The largest absolute Gasteiger partial charge is 0.316 e. The third-order valence-corrected chi connectivity index (χ3v) is 4.20. The van der Waals surface area contributed by atoms with Gasteiger partial charge in [0.05, 0.1) is 10.4 Å². The highest BCUT2D eigenvalue weighted by Crippen LogP contribution is 2.39. The molecule has 4 nitrogen and oxygen atoms in total. The highest BCUT2D eigenvalue weighted by atomic mass is 35.5. The molecule has 2 aliphatic rings. The van der Waals surface area contributed by atoms with Crippen molar-refractivity contribution in [3.8, 4) is 0 Å². The van der Waals surface area contributed by atoms with Crippen LogP contribution in [-0.2, 0) is 4.79 Å². The Bertz CT molecular complexity index is 454. The summed E-state index contributed by atoms with van der Waals surface area (Å²) in [5.74, 6) is 0.927. The first-order valence-corrected chi connectivity index (χ1v) is 6.73. The second kappa shape index (κ2) is 4.52. The van der Waals surface area contributed by atoms with Crippen molar-refractivity contribution in [1.82, 2.24) is 10.3 Å². The van der Waals surface area contributed by atoms with Crippen LogP contribution in [0.1, 0.15) is 19.3 Å². The molecular formula is C13H16ClN3O. The third kappa shape index (κ3) is 1.89. The molecule has 2 saturated heterocycles. The number of carbonyl (C=O) groups excluding carboxylic acids is 1. The van der Waals surface area contributed by atoms with E-state index in [9.17, 15) is 4.79 Å². The zero-order valence-electron chi connectivity index (χ0n) is 10.2. The molecule has 1 amide bonds. The van der Waals surface area contributed by atoms with Crippen LogP contribution in [0.4, 0.5) is 5.82 Å². The van der Waals surface area contributed by atoms with E-state index in [1.165, 1.54) is 0 Å². The maximum absolute atomic E-state index is 12.6. The van der Waals surface area contributed by atoms with E-state index in [1.54, 1.807) is 17.2 Å². The Balaban J connectivity index is 1.83. The number of amides is 1. The van der Waals surface area contributed by atoms with Crippen LogP contribution in [0, 0.1) is 5.41 Å². The van der Waals surface area contributed by atoms with Gasteiger partial charge in [-0.2, -0.15) is 0 Å². The minimum absolute atomic E-state index is 0.195. The quantitative estimate of drug-likeness (QED) is 0.843. The molecule has 1 N–H and O–H groups in total. The molecule has 2 aliphatic heterocycles. The summed E-state index contributed by atoms with van der Waals surface area (Å²) in [6.07, 6.45) is 4.58. The molecule has 1 atom stereocenters. The minimum atomic E-state index is -0.195. The number of pyridine rings is 1. The Morgan fingerprint density at radius 1 is 1.39 bits per heavy atom. The number of carbonyl (C=O) groups is 1. The Morgan fingerprint density at radius 3 is 2.94 bits per heavy atom. The van der Waals surface area contributed by atoms with E-state index >= 15 is 0 Å². The molecular weight excluding hydrogens is 250 g/mol. The van der Waals surface area contributed by atoms with Crippen LogP contribution in [0.5, 0.6) is 0 Å². The zero-order valence-corrected chi connectivity index (χ0v) is 10.9. The van der Waals surface area contributed by atoms with Gasteiger partial charge < -0.3 is 5.32 Å². The van der Waals surface area contributed by atoms with Gasteiger partial charge in [0.1, 0.15) is 5.82 Å². The van der Waals surface area contributed by atoms with Crippen LogP contribution in [0.15, 0.2) is 18.3 Å². The summed E-state index contributed by atoms with van der Waals surface area (Å²) in [5, 5.41) is 3.94. The molecule has 1 aromatic rings. The number of nitrogens with one attached hydrogen (secondary N) is 1. The molecule has 1 spiro atoms.